The molecule has 0 aromatic heterocycles. The van der Waals surface area contributed by atoms with Crippen molar-refractivity contribution >= 4 is 58.0 Å². The zero-order valence-electron chi connectivity index (χ0n) is 11.9. The summed E-state index contributed by atoms with van der Waals surface area (Å²) in [5.74, 6) is -4.39. The Morgan fingerprint density at radius 2 is 1.45 bits per heavy atom. The summed E-state index contributed by atoms with van der Waals surface area (Å²) in [6.07, 6.45) is 1.25. The molecule has 0 unspecified atom stereocenters. The summed E-state index contributed by atoms with van der Waals surface area (Å²) >= 11 is 26.1. The van der Waals surface area contributed by atoms with Gasteiger partial charge in [0.1, 0.15) is 9.75 Å². The van der Waals surface area contributed by atoms with Gasteiger partial charge in [-0.1, -0.05) is 23.2 Å². The van der Waals surface area contributed by atoms with E-state index in [1.165, 1.54) is 20.3 Å². The van der Waals surface area contributed by atoms with E-state index >= 15 is 0 Å². The summed E-state index contributed by atoms with van der Waals surface area (Å²) in [7, 11) is 2.65. The number of rotatable bonds is 2. The van der Waals surface area contributed by atoms with Gasteiger partial charge in [-0.05, 0) is 18.6 Å². The molecule has 0 saturated heterocycles. The molecule has 0 radical (unpaired) electrons. The van der Waals surface area contributed by atoms with E-state index in [-0.39, 0.29) is 21.6 Å². The molecule has 4 nitrogen and oxygen atoms in total. The standard InChI is InChI=1S/C14H12Cl4O4/c1-5-4-6(19)7-8(9(5)20)13(18)11(16)10(15)12(7,17)14(13,21-2)22-3/h4,7-8H,1-3H3/t7-,8-,12-,13+/m1/s1. The third-order valence-corrected chi connectivity index (χ3v) is 7.50. The van der Waals surface area contributed by atoms with Gasteiger partial charge in [0.15, 0.2) is 11.6 Å². The predicted molar refractivity (Wildman–Crippen MR) is 83.4 cm³/mol. The maximum Gasteiger partial charge on any atom is 0.218 e. The first kappa shape index (κ1) is 16.7. The Labute approximate surface area is 147 Å². The van der Waals surface area contributed by atoms with Crippen LogP contribution in [-0.2, 0) is 19.1 Å². The molecule has 22 heavy (non-hydrogen) atoms. The van der Waals surface area contributed by atoms with Crippen molar-refractivity contribution in [2.75, 3.05) is 14.2 Å². The van der Waals surface area contributed by atoms with Crippen molar-refractivity contribution < 1.29 is 19.1 Å². The normalized spacial score (nSPS) is 42.8. The molecular weight excluding hydrogens is 374 g/mol. The number of allylic oxidation sites excluding steroid dienone is 2. The first-order chi connectivity index (χ1) is 10.1. The molecule has 0 spiro atoms. The van der Waals surface area contributed by atoms with Gasteiger partial charge in [0, 0.05) is 14.2 Å². The highest BCUT2D eigenvalue weighted by atomic mass is 35.5. The number of ketones is 2. The molecule has 3 aliphatic rings. The molecule has 0 amide bonds. The lowest BCUT2D eigenvalue weighted by Gasteiger charge is -2.40. The first-order valence-corrected chi connectivity index (χ1v) is 7.97. The van der Waals surface area contributed by atoms with E-state index in [0.717, 1.165) is 0 Å². The second-order valence-corrected chi connectivity index (χ2v) is 7.57. The van der Waals surface area contributed by atoms with Crippen LogP contribution in [0.2, 0.25) is 0 Å². The number of hydrogen-bond donors (Lipinski definition) is 0. The molecule has 3 rings (SSSR count). The monoisotopic (exact) mass is 384 g/mol. The van der Waals surface area contributed by atoms with Crippen molar-refractivity contribution in [2.24, 2.45) is 11.8 Å². The molecule has 0 N–H and O–H groups in total. The van der Waals surface area contributed by atoms with Gasteiger partial charge in [0.25, 0.3) is 0 Å². The lowest BCUT2D eigenvalue weighted by Crippen LogP contribution is -2.58. The summed E-state index contributed by atoms with van der Waals surface area (Å²) in [4.78, 5) is 21.9. The van der Waals surface area contributed by atoms with Crippen molar-refractivity contribution in [3.8, 4) is 0 Å². The number of alkyl halides is 2. The van der Waals surface area contributed by atoms with Gasteiger partial charge in [0.2, 0.25) is 5.79 Å². The van der Waals surface area contributed by atoms with E-state index in [0.29, 0.717) is 5.57 Å². The molecule has 1 fully saturated rings. The smallest absolute Gasteiger partial charge is 0.218 e. The molecular formula is C14H12Cl4O4. The molecule has 3 aliphatic carbocycles. The van der Waals surface area contributed by atoms with Gasteiger partial charge in [-0.25, -0.2) is 0 Å². The van der Waals surface area contributed by atoms with Gasteiger partial charge in [-0.2, -0.15) is 0 Å². The Bertz CT molecular complexity index is 666. The molecule has 0 aromatic carbocycles. The van der Waals surface area contributed by atoms with Crippen molar-refractivity contribution in [2.45, 2.75) is 22.5 Å². The van der Waals surface area contributed by atoms with Crippen LogP contribution in [0.1, 0.15) is 6.92 Å². The fraction of sp³-hybridized carbons (Fsp3) is 0.571. The average molecular weight is 386 g/mol. The Kier molecular flexibility index (Phi) is 3.59. The van der Waals surface area contributed by atoms with Gasteiger partial charge < -0.3 is 9.47 Å². The highest BCUT2D eigenvalue weighted by Gasteiger charge is 2.87. The van der Waals surface area contributed by atoms with Crippen LogP contribution in [-0.4, -0.2) is 41.3 Å². The van der Waals surface area contributed by atoms with Crippen molar-refractivity contribution in [1.82, 2.24) is 0 Å². The van der Waals surface area contributed by atoms with Crippen LogP contribution in [0.25, 0.3) is 0 Å². The zero-order chi connectivity index (χ0) is 16.7. The Morgan fingerprint density at radius 1 is 1.00 bits per heavy atom. The predicted octanol–water partition coefficient (Wildman–Crippen LogP) is 2.98. The highest BCUT2D eigenvalue weighted by molar-refractivity contribution is 6.53. The minimum absolute atomic E-state index is 0.0216. The van der Waals surface area contributed by atoms with Crippen LogP contribution in [0.4, 0.5) is 0 Å². The third kappa shape index (κ3) is 1.38. The Balaban J connectivity index is 2.39. The number of halogens is 4. The number of hydrogen-bond acceptors (Lipinski definition) is 4. The van der Waals surface area contributed by atoms with Crippen LogP contribution >= 0.6 is 46.4 Å². The summed E-state index contributed by atoms with van der Waals surface area (Å²) in [6, 6.07) is 0. The SMILES string of the molecule is COC1(OC)[C@@]2(Cl)C(Cl)=C(Cl)[C@]1(Cl)[C@@H]1C(=O)C=C(C)C(=O)[C@@H]12. The number of Topliss-reactive ketones (excluding diaryl/α,β-unsaturated/α-hetero) is 1. The molecule has 2 bridgehead atoms. The van der Waals surface area contributed by atoms with E-state index in [2.05, 4.69) is 0 Å². The molecule has 0 aromatic rings. The largest absolute Gasteiger partial charge is 0.350 e. The molecule has 1 saturated carbocycles. The topological polar surface area (TPSA) is 52.6 Å². The minimum Gasteiger partial charge on any atom is -0.350 e. The van der Waals surface area contributed by atoms with Gasteiger partial charge in [-0.15, -0.1) is 23.2 Å². The Hall–Kier alpha value is -0.100. The molecule has 4 atom stereocenters. The number of methoxy groups -OCH3 is 2. The fourth-order valence-electron chi connectivity index (χ4n) is 4.00. The summed E-state index contributed by atoms with van der Waals surface area (Å²) in [5, 5.41) is -0.0449. The quantitative estimate of drug-likeness (QED) is 0.541. The van der Waals surface area contributed by atoms with Crippen LogP contribution < -0.4 is 0 Å². The second-order valence-electron chi connectivity index (χ2n) is 5.63. The summed E-state index contributed by atoms with van der Waals surface area (Å²) in [6.45, 7) is 1.55. The van der Waals surface area contributed by atoms with E-state index in [1.807, 2.05) is 0 Å². The highest BCUT2D eigenvalue weighted by Crippen LogP contribution is 2.74. The first-order valence-electron chi connectivity index (χ1n) is 6.45. The van der Waals surface area contributed by atoms with Crippen LogP contribution in [0.3, 0.4) is 0 Å². The van der Waals surface area contributed by atoms with Crippen molar-refractivity contribution in [3.63, 3.8) is 0 Å². The summed E-state index contributed by atoms with van der Waals surface area (Å²) < 4.78 is 11.0. The number of fused-ring (bicyclic) bond motifs is 5. The number of ether oxygens (including phenoxy) is 2. The third-order valence-electron chi connectivity index (χ3n) is 4.89. The van der Waals surface area contributed by atoms with Crippen LogP contribution in [0, 0.1) is 11.8 Å². The van der Waals surface area contributed by atoms with Crippen molar-refractivity contribution in [3.05, 3.63) is 21.7 Å². The van der Waals surface area contributed by atoms with E-state index in [1.54, 1.807) is 6.92 Å². The molecule has 8 heteroatoms. The van der Waals surface area contributed by atoms with Gasteiger partial charge in [0.05, 0.1) is 21.9 Å². The second kappa shape index (κ2) is 4.71. The number of carbonyl (C=O) groups excluding carboxylic acids is 2. The maximum atomic E-state index is 12.7. The van der Waals surface area contributed by atoms with Gasteiger partial charge >= 0.3 is 0 Å². The lowest BCUT2D eigenvalue weighted by molar-refractivity contribution is -0.220. The summed E-state index contributed by atoms with van der Waals surface area (Å²) in [5.41, 5.74) is 0.292. The van der Waals surface area contributed by atoms with Crippen LogP contribution in [0.5, 0.6) is 0 Å². The average Bonchev–Trinajstić information content (AvgIpc) is 2.73. The minimum atomic E-state index is -1.73. The molecule has 0 aliphatic heterocycles. The fourth-order valence-corrected chi connectivity index (χ4v) is 6.19. The Morgan fingerprint density at radius 3 is 1.91 bits per heavy atom. The zero-order valence-corrected chi connectivity index (χ0v) is 14.9. The lowest BCUT2D eigenvalue weighted by atomic mass is 9.72. The molecule has 0 heterocycles. The van der Waals surface area contributed by atoms with E-state index in [4.69, 9.17) is 55.9 Å². The molecule has 120 valence electrons. The van der Waals surface area contributed by atoms with Crippen molar-refractivity contribution in [1.29, 1.82) is 0 Å². The van der Waals surface area contributed by atoms with Gasteiger partial charge in [-0.3, -0.25) is 9.59 Å². The van der Waals surface area contributed by atoms with Crippen LogP contribution in [0.15, 0.2) is 21.7 Å². The maximum absolute atomic E-state index is 12.7. The van der Waals surface area contributed by atoms with E-state index in [9.17, 15) is 9.59 Å². The van der Waals surface area contributed by atoms with E-state index < -0.39 is 27.4 Å². The number of carbonyl (C=O) groups is 2.